The van der Waals surface area contributed by atoms with E-state index in [2.05, 4.69) is 5.16 Å². The molecule has 0 aromatic heterocycles. The van der Waals surface area contributed by atoms with Crippen molar-refractivity contribution in [3.8, 4) is 0 Å². The minimum absolute atomic E-state index is 0.414. The van der Waals surface area contributed by atoms with E-state index in [0.29, 0.717) is 5.56 Å². The minimum Gasteiger partial charge on any atom is -0.366 e. The molecule has 17 heavy (non-hydrogen) atoms. The van der Waals surface area contributed by atoms with Crippen LogP contribution in [0.3, 0.4) is 0 Å². The normalized spacial score (nSPS) is 13.8. The number of nitrogens with zero attached hydrogens (tertiary/aromatic N) is 1. The number of carbonyl (C=O) groups excluding carboxylic acids is 1. The van der Waals surface area contributed by atoms with E-state index in [0.717, 1.165) is 17.6 Å². The van der Waals surface area contributed by atoms with Crippen molar-refractivity contribution < 1.29 is 9.63 Å². The third kappa shape index (κ3) is 3.04. The van der Waals surface area contributed by atoms with E-state index in [-0.39, 0.29) is 0 Å². The molecule has 1 aliphatic rings. The summed E-state index contributed by atoms with van der Waals surface area (Å²) in [7, 11) is 0. The maximum atomic E-state index is 10.9. The number of hydrogen-bond donors (Lipinski definition) is 1. The zero-order valence-electron chi connectivity index (χ0n) is 9.17. The summed E-state index contributed by atoms with van der Waals surface area (Å²) < 4.78 is 0. The van der Waals surface area contributed by atoms with Crippen LogP contribution in [-0.2, 0) is 11.3 Å². The van der Waals surface area contributed by atoms with Gasteiger partial charge in [0.25, 0.3) is 0 Å². The summed E-state index contributed by atoms with van der Waals surface area (Å²) in [5.74, 6) is -0.414. The Balaban J connectivity index is 2.11. The molecule has 1 aliphatic heterocycles. The van der Waals surface area contributed by atoms with Gasteiger partial charge in [0.2, 0.25) is 5.91 Å². The Bertz CT molecular complexity index is 499. The van der Waals surface area contributed by atoms with Crippen LogP contribution in [0, 0.1) is 0 Å². The van der Waals surface area contributed by atoms with Crippen LogP contribution < -0.4 is 5.73 Å². The van der Waals surface area contributed by atoms with E-state index in [1.54, 1.807) is 24.4 Å². The number of amides is 1. The van der Waals surface area contributed by atoms with Gasteiger partial charge in [-0.05, 0) is 35.8 Å². The molecule has 2 N–H and O–H groups in total. The SMILES string of the molecule is NC(=O)c1ccc(CC2=CC=CON=C2)cc1. The van der Waals surface area contributed by atoms with Crippen LogP contribution in [-0.4, -0.2) is 12.1 Å². The summed E-state index contributed by atoms with van der Waals surface area (Å²) in [4.78, 5) is 15.7. The number of rotatable bonds is 3. The molecule has 1 heterocycles. The summed E-state index contributed by atoms with van der Waals surface area (Å²) in [5.41, 5.74) is 7.80. The van der Waals surface area contributed by atoms with E-state index < -0.39 is 5.91 Å². The Hall–Kier alpha value is -2.36. The van der Waals surface area contributed by atoms with Crippen LogP contribution in [0.4, 0.5) is 0 Å². The maximum absolute atomic E-state index is 10.9. The Morgan fingerprint density at radius 2 is 2.06 bits per heavy atom. The minimum atomic E-state index is -0.414. The molecule has 0 saturated heterocycles. The summed E-state index contributed by atoms with van der Waals surface area (Å²) >= 11 is 0. The van der Waals surface area contributed by atoms with Crippen molar-refractivity contribution in [2.45, 2.75) is 6.42 Å². The monoisotopic (exact) mass is 228 g/mol. The van der Waals surface area contributed by atoms with Gasteiger partial charge in [-0.25, -0.2) is 0 Å². The van der Waals surface area contributed by atoms with Crippen molar-refractivity contribution in [1.29, 1.82) is 0 Å². The van der Waals surface area contributed by atoms with Crippen molar-refractivity contribution in [2.24, 2.45) is 10.9 Å². The fourth-order valence-corrected chi connectivity index (χ4v) is 1.50. The van der Waals surface area contributed by atoms with E-state index >= 15 is 0 Å². The average Bonchev–Trinajstić information content (AvgIpc) is 2.58. The second-order valence-corrected chi connectivity index (χ2v) is 3.65. The van der Waals surface area contributed by atoms with Crippen LogP contribution in [0.15, 0.2) is 53.4 Å². The predicted molar refractivity (Wildman–Crippen MR) is 65.5 cm³/mol. The quantitative estimate of drug-likeness (QED) is 0.857. The van der Waals surface area contributed by atoms with Gasteiger partial charge in [0.15, 0.2) is 0 Å². The maximum Gasteiger partial charge on any atom is 0.248 e. The highest BCUT2D eigenvalue weighted by Gasteiger charge is 2.02. The third-order valence-corrected chi connectivity index (χ3v) is 2.38. The zero-order valence-corrected chi connectivity index (χ0v) is 9.17. The molecular weight excluding hydrogens is 216 g/mol. The molecule has 4 heteroatoms. The first-order valence-electron chi connectivity index (χ1n) is 5.19. The lowest BCUT2D eigenvalue weighted by atomic mass is 10.0. The standard InChI is InChI=1S/C13H12N2O2/c14-13(16)12-5-3-10(4-6-12)8-11-2-1-7-17-15-9-11/h1-7,9H,8H2,(H2,14,16). The molecule has 0 bridgehead atoms. The summed E-state index contributed by atoms with van der Waals surface area (Å²) in [6.07, 6.45) is 7.64. The largest absolute Gasteiger partial charge is 0.366 e. The van der Waals surface area contributed by atoms with Crippen LogP contribution in [0.1, 0.15) is 15.9 Å². The first-order valence-corrected chi connectivity index (χ1v) is 5.19. The summed E-state index contributed by atoms with van der Waals surface area (Å²) in [5, 5.41) is 3.74. The van der Waals surface area contributed by atoms with E-state index in [4.69, 9.17) is 10.6 Å². The van der Waals surface area contributed by atoms with Gasteiger partial charge in [-0.1, -0.05) is 23.4 Å². The molecule has 1 amide bonds. The molecule has 0 atom stereocenters. The number of primary amides is 1. The van der Waals surface area contributed by atoms with Gasteiger partial charge in [0, 0.05) is 5.56 Å². The third-order valence-electron chi connectivity index (χ3n) is 2.38. The molecule has 4 nitrogen and oxygen atoms in total. The van der Waals surface area contributed by atoms with Crippen molar-refractivity contribution in [3.63, 3.8) is 0 Å². The number of nitrogens with two attached hydrogens (primary N) is 1. The van der Waals surface area contributed by atoms with Crippen LogP contribution >= 0.6 is 0 Å². The number of hydrogen-bond acceptors (Lipinski definition) is 3. The lowest BCUT2D eigenvalue weighted by Gasteiger charge is -2.02. The molecular formula is C13H12N2O2. The number of oxime groups is 1. The average molecular weight is 228 g/mol. The lowest BCUT2D eigenvalue weighted by molar-refractivity contribution is 0.100. The van der Waals surface area contributed by atoms with Gasteiger partial charge < -0.3 is 10.6 Å². The highest BCUT2D eigenvalue weighted by molar-refractivity contribution is 5.92. The Morgan fingerprint density at radius 1 is 1.29 bits per heavy atom. The molecule has 0 fully saturated rings. The molecule has 0 unspecified atom stereocenters. The fourth-order valence-electron chi connectivity index (χ4n) is 1.50. The fraction of sp³-hybridized carbons (Fsp3) is 0.0769. The molecule has 86 valence electrons. The molecule has 0 radical (unpaired) electrons. The van der Waals surface area contributed by atoms with Gasteiger partial charge in [-0.3, -0.25) is 4.79 Å². The Labute approximate surface area is 99.1 Å². The molecule has 0 aliphatic carbocycles. The Kier molecular flexibility index (Phi) is 3.35. The summed E-state index contributed by atoms with van der Waals surface area (Å²) in [6.45, 7) is 0. The van der Waals surface area contributed by atoms with Crippen LogP contribution in [0.25, 0.3) is 0 Å². The number of allylic oxidation sites excluding steroid dienone is 3. The van der Waals surface area contributed by atoms with E-state index in [1.807, 2.05) is 18.2 Å². The van der Waals surface area contributed by atoms with Crippen molar-refractivity contribution in [2.75, 3.05) is 0 Å². The van der Waals surface area contributed by atoms with Crippen molar-refractivity contribution >= 4 is 12.1 Å². The number of carbonyl (C=O) groups is 1. The van der Waals surface area contributed by atoms with Crippen molar-refractivity contribution in [1.82, 2.24) is 0 Å². The predicted octanol–water partition coefficient (Wildman–Crippen LogP) is 1.78. The molecule has 1 aromatic rings. The van der Waals surface area contributed by atoms with Gasteiger partial charge in [0.1, 0.15) is 6.26 Å². The smallest absolute Gasteiger partial charge is 0.248 e. The first-order chi connectivity index (χ1) is 8.25. The zero-order chi connectivity index (χ0) is 12.1. The van der Waals surface area contributed by atoms with Crippen LogP contribution in [0.5, 0.6) is 0 Å². The molecule has 0 spiro atoms. The van der Waals surface area contributed by atoms with Crippen LogP contribution in [0.2, 0.25) is 0 Å². The van der Waals surface area contributed by atoms with Gasteiger partial charge in [-0.15, -0.1) is 0 Å². The highest BCUT2D eigenvalue weighted by atomic mass is 16.6. The van der Waals surface area contributed by atoms with Gasteiger partial charge in [0.05, 0.1) is 6.21 Å². The van der Waals surface area contributed by atoms with Gasteiger partial charge in [-0.2, -0.15) is 0 Å². The van der Waals surface area contributed by atoms with E-state index in [9.17, 15) is 4.79 Å². The Morgan fingerprint density at radius 3 is 2.76 bits per heavy atom. The lowest BCUT2D eigenvalue weighted by Crippen LogP contribution is -2.10. The van der Waals surface area contributed by atoms with Gasteiger partial charge >= 0.3 is 0 Å². The van der Waals surface area contributed by atoms with Crippen molar-refractivity contribution in [3.05, 3.63) is 59.4 Å². The first kappa shape index (κ1) is 11.1. The molecule has 1 aromatic carbocycles. The molecule has 2 rings (SSSR count). The van der Waals surface area contributed by atoms with E-state index in [1.165, 1.54) is 6.26 Å². The topological polar surface area (TPSA) is 64.7 Å². The highest BCUT2D eigenvalue weighted by Crippen LogP contribution is 2.10. The summed E-state index contributed by atoms with van der Waals surface area (Å²) in [6, 6.07) is 7.20. The number of benzene rings is 1. The second kappa shape index (κ2) is 5.12. The second-order valence-electron chi connectivity index (χ2n) is 3.65. The molecule has 0 saturated carbocycles.